The third kappa shape index (κ3) is 2.50. The van der Waals surface area contributed by atoms with E-state index in [1.807, 2.05) is 35.0 Å². The van der Waals surface area contributed by atoms with Crippen LogP contribution in [0.2, 0.25) is 0 Å². The molecule has 0 spiro atoms. The molecular formula is C9H11BrOS3. The summed E-state index contributed by atoms with van der Waals surface area (Å²) in [4.78, 5) is 1.07. The lowest BCUT2D eigenvalue weighted by Gasteiger charge is -2.25. The van der Waals surface area contributed by atoms with Crippen molar-refractivity contribution < 1.29 is 5.11 Å². The molecule has 2 unspecified atom stereocenters. The van der Waals surface area contributed by atoms with Gasteiger partial charge in [-0.05, 0) is 27.4 Å². The van der Waals surface area contributed by atoms with Crippen molar-refractivity contribution in [2.75, 3.05) is 17.3 Å². The van der Waals surface area contributed by atoms with Gasteiger partial charge in [0.05, 0.1) is 0 Å². The van der Waals surface area contributed by atoms with Crippen molar-refractivity contribution in [1.82, 2.24) is 0 Å². The second-order valence-electron chi connectivity index (χ2n) is 3.06. The van der Waals surface area contributed by atoms with Crippen LogP contribution in [-0.2, 0) is 0 Å². The van der Waals surface area contributed by atoms with Crippen LogP contribution >= 0.6 is 50.8 Å². The molecule has 2 heterocycles. The molecule has 0 aliphatic carbocycles. The summed E-state index contributed by atoms with van der Waals surface area (Å²) in [7, 11) is 0. The van der Waals surface area contributed by atoms with Gasteiger partial charge in [0.25, 0.3) is 0 Å². The van der Waals surface area contributed by atoms with Gasteiger partial charge in [0, 0.05) is 31.9 Å². The highest BCUT2D eigenvalue weighted by atomic mass is 79.9. The fraction of sp³-hybridized carbons (Fsp3) is 0.556. The van der Waals surface area contributed by atoms with Crippen molar-refractivity contribution in [2.24, 2.45) is 0 Å². The van der Waals surface area contributed by atoms with E-state index < -0.39 is 0 Å². The van der Waals surface area contributed by atoms with E-state index in [0.717, 1.165) is 20.9 Å². The number of aliphatic hydroxyl groups is 1. The molecule has 1 fully saturated rings. The molecule has 5 heteroatoms. The summed E-state index contributed by atoms with van der Waals surface area (Å²) in [6, 6.07) is 2.00. The van der Waals surface area contributed by atoms with Crippen molar-refractivity contribution in [3.63, 3.8) is 0 Å². The number of hydrogen-bond acceptors (Lipinski definition) is 4. The molecule has 1 aromatic heterocycles. The van der Waals surface area contributed by atoms with Crippen LogP contribution in [0.3, 0.4) is 0 Å². The van der Waals surface area contributed by atoms with Gasteiger partial charge in [-0.25, -0.2) is 0 Å². The first-order valence-corrected chi connectivity index (χ1v) is 8.27. The standard InChI is InChI=1S/C9H11BrOS3/c10-6-1-2-14-9(6)8(11)7-5-12-3-4-13-7/h1-2,7-8,11H,3-5H2. The Kier molecular flexibility index (Phi) is 4.25. The van der Waals surface area contributed by atoms with Crippen molar-refractivity contribution in [3.8, 4) is 0 Å². The van der Waals surface area contributed by atoms with E-state index in [-0.39, 0.29) is 6.10 Å². The molecule has 0 amide bonds. The van der Waals surface area contributed by atoms with Crippen LogP contribution in [-0.4, -0.2) is 27.6 Å². The van der Waals surface area contributed by atoms with E-state index in [1.165, 1.54) is 5.75 Å². The molecule has 2 rings (SSSR count). The first-order chi connectivity index (χ1) is 6.79. The summed E-state index contributed by atoms with van der Waals surface area (Å²) in [5, 5.41) is 12.5. The van der Waals surface area contributed by atoms with Gasteiger partial charge in [-0.1, -0.05) is 0 Å². The fourth-order valence-electron chi connectivity index (χ4n) is 1.37. The Morgan fingerprint density at radius 2 is 2.36 bits per heavy atom. The van der Waals surface area contributed by atoms with Gasteiger partial charge < -0.3 is 5.11 Å². The number of thioether (sulfide) groups is 2. The normalized spacial score (nSPS) is 24.9. The third-order valence-electron chi connectivity index (χ3n) is 2.11. The summed E-state index contributed by atoms with van der Waals surface area (Å²) in [6.07, 6.45) is -0.304. The van der Waals surface area contributed by atoms with Gasteiger partial charge in [0.15, 0.2) is 0 Å². The summed E-state index contributed by atoms with van der Waals surface area (Å²) in [5.41, 5.74) is 0. The Bertz CT molecular complexity index is 296. The Labute approximate surface area is 105 Å². The van der Waals surface area contributed by atoms with E-state index in [4.69, 9.17) is 0 Å². The zero-order valence-corrected chi connectivity index (χ0v) is 11.5. The molecule has 0 radical (unpaired) electrons. The molecule has 78 valence electrons. The van der Waals surface area contributed by atoms with Crippen LogP contribution in [0.15, 0.2) is 15.9 Å². The van der Waals surface area contributed by atoms with Crippen LogP contribution < -0.4 is 0 Å². The molecule has 14 heavy (non-hydrogen) atoms. The molecule has 1 nitrogen and oxygen atoms in total. The van der Waals surface area contributed by atoms with Crippen molar-refractivity contribution in [2.45, 2.75) is 11.4 Å². The molecule has 1 N–H and O–H groups in total. The predicted octanol–water partition coefficient (Wildman–Crippen LogP) is 3.39. The topological polar surface area (TPSA) is 20.2 Å². The lowest BCUT2D eigenvalue weighted by molar-refractivity contribution is 0.183. The Morgan fingerprint density at radius 1 is 1.50 bits per heavy atom. The summed E-state index contributed by atoms with van der Waals surface area (Å²) in [5.74, 6) is 3.45. The molecular weight excluding hydrogens is 300 g/mol. The summed E-state index contributed by atoms with van der Waals surface area (Å²) < 4.78 is 1.05. The highest BCUT2D eigenvalue weighted by Crippen LogP contribution is 2.38. The zero-order valence-electron chi connectivity index (χ0n) is 7.48. The van der Waals surface area contributed by atoms with Crippen LogP contribution in [0.25, 0.3) is 0 Å². The highest BCUT2D eigenvalue weighted by molar-refractivity contribution is 9.10. The van der Waals surface area contributed by atoms with E-state index in [0.29, 0.717) is 5.25 Å². The second-order valence-corrected chi connectivity index (χ2v) is 7.36. The van der Waals surface area contributed by atoms with Crippen LogP contribution in [0.5, 0.6) is 0 Å². The van der Waals surface area contributed by atoms with E-state index in [9.17, 15) is 5.11 Å². The maximum Gasteiger partial charge on any atom is 0.102 e. The number of thiophene rings is 1. The molecule has 2 atom stereocenters. The lowest BCUT2D eigenvalue weighted by Crippen LogP contribution is -2.21. The molecule has 1 aliphatic rings. The second kappa shape index (κ2) is 5.25. The minimum Gasteiger partial charge on any atom is -0.386 e. The third-order valence-corrected chi connectivity index (χ3v) is 6.90. The maximum atomic E-state index is 10.2. The fourth-order valence-corrected chi connectivity index (χ4v) is 5.85. The number of hydrogen-bond donors (Lipinski definition) is 1. The van der Waals surface area contributed by atoms with Gasteiger partial charge in [0.1, 0.15) is 6.10 Å². The largest absolute Gasteiger partial charge is 0.386 e. The number of aliphatic hydroxyl groups excluding tert-OH is 1. The van der Waals surface area contributed by atoms with Gasteiger partial charge in [-0.15, -0.1) is 11.3 Å². The van der Waals surface area contributed by atoms with Gasteiger partial charge in [-0.3, -0.25) is 0 Å². The first-order valence-electron chi connectivity index (χ1n) is 4.39. The molecule has 1 saturated heterocycles. The minimum absolute atomic E-state index is 0.304. The summed E-state index contributed by atoms with van der Waals surface area (Å²) >= 11 is 8.94. The zero-order chi connectivity index (χ0) is 9.97. The van der Waals surface area contributed by atoms with Crippen LogP contribution in [0.1, 0.15) is 11.0 Å². The lowest BCUT2D eigenvalue weighted by atomic mass is 10.2. The monoisotopic (exact) mass is 310 g/mol. The minimum atomic E-state index is -0.304. The maximum absolute atomic E-state index is 10.2. The smallest absolute Gasteiger partial charge is 0.102 e. The van der Waals surface area contributed by atoms with Gasteiger partial charge in [-0.2, -0.15) is 23.5 Å². The van der Waals surface area contributed by atoms with E-state index in [2.05, 4.69) is 15.9 Å². The van der Waals surface area contributed by atoms with Crippen LogP contribution in [0, 0.1) is 0 Å². The average molecular weight is 311 g/mol. The molecule has 0 aromatic carbocycles. The summed E-state index contributed by atoms with van der Waals surface area (Å²) in [6.45, 7) is 0. The Balaban J connectivity index is 2.07. The first kappa shape index (κ1) is 11.3. The molecule has 1 aromatic rings. The average Bonchev–Trinajstić information content (AvgIpc) is 2.65. The number of rotatable bonds is 2. The van der Waals surface area contributed by atoms with Crippen LogP contribution in [0.4, 0.5) is 0 Å². The highest BCUT2D eigenvalue weighted by Gasteiger charge is 2.26. The quantitative estimate of drug-likeness (QED) is 0.904. The SMILES string of the molecule is OC(c1sccc1Br)C1CSCCS1. The van der Waals surface area contributed by atoms with E-state index in [1.54, 1.807) is 11.3 Å². The number of halogens is 1. The predicted molar refractivity (Wildman–Crippen MR) is 70.5 cm³/mol. The van der Waals surface area contributed by atoms with Gasteiger partial charge in [0.2, 0.25) is 0 Å². The van der Waals surface area contributed by atoms with Gasteiger partial charge >= 0.3 is 0 Å². The Hall–Kier alpha value is 0.840. The van der Waals surface area contributed by atoms with Crippen molar-refractivity contribution >= 4 is 50.8 Å². The molecule has 0 saturated carbocycles. The van der Waals surface area contributed by atoms with Crippen molar-refractivity contribution in [3.05, 3.63) is 20.8 Å². The van der Waals surface area contributed by atoms with E-state index >= 15 is 0 Å². The molecule has 1 aliphatic heterocycles. The Morgan fingerprint density at radius 3 is 2.93 bits per heavy atom. The van der Waals surface area contributed by atoms with Crippen molar-refractivity contribution in [1.29, 1.82) is 0 Å². The molecule has 0 bridgehead atoms.